The van der Waals surface area contributed by atoms with Gasteiger partial charge in [0.2, 0.25) is 0 Å². The molecule has 3 aromatic carbocycles. The summed E-state index contributed by atoms with van der Waals surface area (Å²) in [6.45, 7) is 6.98. The summed E-state index contributed by atoms with van der Waals surface area (Å²) in [6, 6.07) is 19.8. The first-order valence-electron chi connectivity index (χ1n) is 10.5. The first-order chi connectivity index (χ1) is 14.6. The van der Waals surface area contributed by atoms with Gasteiger partial charge in [-0.15, -0.1) is 0 Å². The van der Waals surface area contributed by atoms with Crippen LogP contribution in [0.5, 0.6) is 0 Å². The number of aryl methyl sites for hydroxylation is 2. The lowest BCUT2D eigenvalue weighted by Crippen LogP contribution is -2.03. The maximum absolute atomic E-state index is 13.2. The molecule has 0 amide bonds. The normalized spacial score (nSPS) is 12.0. The third kappa shape index (κ3) is 3.28. The standard InChI is InChI=1S/C26H26N2O2/c1-4-8-23(27-30)18-11-13-24-21(15-18)22-16-19(12-14-25(22)28(24)5-2)26(29)20-10-7-6-9-17(20)3/h6-7,9-16,30H,4-5,8H2,1-3H3/b27-23+. The van der Waals surface area contributed by atoms with Crippen molar-refractivity contribution in [2.75, 3.05) is 0 Å². The number of fused-ring (bicyclic) bond motifs is 3. The van der Waals surface area contributed by atoms with E-state index in [0.29, 0.717) is 17.7 Å². The lowest BCUT2D eigenvalue weighted by atomic mass is 9.97. The Kier molecular flexibility index (Phi) is 5.40. The maximum Gasteiger partial charge on any atom is 0.193 e. The van der Waals surface area contributed by atoms with Gasteiger partial charge in [-0.2, -0.15) is 0 Å². The quantitative estimate of drug-likeness (QED) is 0.178. The molecule has 0 saturated heterocycles. The van der Waals surface area contributed by atoms with Crippen molar-refractivity contribution in [2.24, 2.45) is 5.16 Å². The number of hydrogen-bond acceptors (Lipinski definition) is 3. The molecule has 0 atom stereocenters. The number of benzene rings is 3. The number of rotatable bonds is 6. The van der Waals surface area contributed by atoms with Crippen LogP contribution in [0.2, 0.25) is 0 Å². The fourth-order valence-corrected chi connectivity index (χ4v) is 4.24. The van der Waals surface area contributed by atoms with Crippen LogP contribution in [0.1, 0.15) is 53.7 Å². The van der Waals surface area contributed by atoms with Crippen molar-refractivity contribution >= 4 is 33.3 Å². The third-order valence-corrected chi connectivity index (χ3v) is 5.77. The molecular weight excluding hydrogens is 372 g/mol. The minimum absolute atomic E-state index is 0.0344. The highest BCUT2D eigenvalue weighted by Crippen LogP contribution is 2.32. The number of aromatic nitrogens is 1. The molecule has 0 fully saturated rings. The SMILES string of the molecule is CCC/C(=N\O)c1ccc2c(c1)c1cc(C(=O)c3ccccc3C)ccc1n2CC. The lowest BCUT2D eigenvalue weighted by Gasteiger charge is -2.06. The topological polar surface area (TPSA) is 54.6 Å². The summed E-state index contributed by atoms with van der Waals surface area (Å²) in [5, 5.41) is 15.1. The van der Waals surface area contributed by atoms with Crippen molar-refractivity contribution < 1.29 is 10.0 Å². The summed E-state index contributed by atoms with van der Waals surface area (Å²) in [5.41, 5.74) is 6.21. The Morgan fingerprint density at radius 1 is 0.933 bits per heavy atom. The zero-order chi connectivity index (χ0) is 21.3. The second kappa shape index (κ2) is 8.15. The number of carbonyl (C=O) groups is 1. The average molecular weight is 399 g/mol. The average Bonchev–Trinajstić information content (AvgIpc) is 3.09. The molecule has 4 aromatic rings. The molecule has 1 aromatic heterocycles. The van der Waals surface area contributed by atoms with Crippen molar-refractivity contribution in [3.8, 4) is 0 Å². The van der Waals surface area contributed by atoms with Gasteiger partial charge >= 0.3 is 0 Å². The highest BCUT2D eigenvalue weighted by Gasteiger charge is 2.16. The van der Waals surface area contributed by atoms with Crippen LogP contribution in [0.4, 0.5) is 0 Å². The van der Waals surface area contributed by atoms with E-state index in [9.17, 15) is 10.0 Å². The van der Waals surface area contributed by atoms with Crippen LogP contribution in [0.15, 0.2) is 65.8 Å². The second-order valence-electron chi connectivity index (χ2n) is 7.65. The molecule has 0 spiro atoms. The number of carbonyl (C=O) groups excluding carboxylic acids is 1. The highest BCUT2D eigenvalue weighted by molar-refractivity contribution is 6.16. The smallest absolute Gasteiger partial charge is 0.193 e. The summed E-state index contributed by atoms with van der Waals surface area (Å²) in [4.78, 5) is 13.2. The van der Waals surface area contributed by atoms with E-state index in [1.54, 1.807) is 0 Å². The molecule has 30 heavy (non-hydrogen) atoms. The molecule has 4 rings (SSSR count). The van der Waals surface area contributed by atoms with Gasteiger partial charge < -0.3 is 9.77 Å². The third-order valence-electron chi connectivity index (χ3n) is 5.77. The fourth-order valence-electron chi connectivity index (χ4n) is 4.24. The predicted octanol–water partition coefficient (Wildman–Crippen LogP) is 6.33. The minimum Gasteiger partial charge on any atom is -0.411 e. The van der Waals surface area contributed by atoms with Crippen molar-refractivity contribution in [1.82, 2.24) is 4.57 Å². The number of hydrogen-bond donors (Lipinski definition) is 1. The van der Waals surface area contributed by atoms with Crippen LogP contribution in [-0.2, 0) is 6.54 Å². The van der Waals surface area contributed by atoms with Gasteiger partial charge in [-0.05, 0) is 56.2 Å². The predicted molar refractivity (Wildman–Crippen MR) is 123 cm³/mol. The van der Waals surface area contributed by atoms with Gasteiger partial charge in [-0.3, -0.25) is 4.79 Å². The van der Waals surface area contributed by atoms with Gasteiger partial charge in [-0.1, -0.05) is 48.8 Å². The van der Waals surface area contributed by atoms with E-state index in [4.69, 9.17) is 0 Å². The molecule has 0 bridgehead atoms. The minimum atomic E-state index is 0.0344. The molecule has 0 aliphatic carbocycles. The molecular formula is C26H26N2O2. The Morgan fingerprint density at radius 2 is 1.57 bits per heavy atom. The molecule has 1 heterocycles. The van der Waals surface area contributed by atoms with Crippen LogP contribution in [0.3, 0.4) is 0 Å². The van der Waals surface area contributed by atoms with E-state index in [1.807, 2.05) is 55.5 Å². The summed E-state index contributed by atoms with van der Waals surface area (Å²) in [5.74, 6) is 0.0344. The number of ketones is 1. The van der Waals surface area contributed by atoms with Gasteiger partial charge in [0.25, 0.3) is 0 Å². The molecule has 152 valence electrons. The Hall–Kier alpha value is -3.40. The van der Waals surface area contributed by atoms with Crippen LogP contribution in [-0.4, -0.2) is 21.3 Å². The Labute approximate surface area is 176 Å². The van der Waals surface area contributed by atoms with Crippen molar-refractivity contribution in [3.63, 3.8) is 0 Å². The van der Waals surface area contributed by atoms with E-state index >= 15 is 0 Å². The van der Waals surface area contributed by atoms with Gasteiger partial charge in [0.15, 0.2) is 5.78 Å². The van der Waals surface area contributed by atoms with Crippen molar-refractivity contribution in [2.45, 2.75) is 40.2 Å². The summed E-state index contributed by atoms with van der Waals surface area (Å²) in [7, 11) is 0. The van der Waals surface area contributed by atoms with E-state index in [0.717, 1.165) is 51.5 Å². The monoisotopic (exact) mass is 398 g/mol. The summed E-state index contributed by atoms with van der Waals surface area (Å²) < 4.78 is 2.26. The van der Waals surface area contributed by atoms with Crippen LogP contribution in [0.25, 0.3) is 21.8 Å². The Bertz CT molecular complexity index is 1280. The van der Waals surface area contributed by atoms with Crippen LogP contribution >= 0.6 is 0 Å². The molecule has 1 N–H and O–H groups in total. The van der Waals surface area contributed by atoms with E-state index in [2.05, 4.69) is 35.7 Å². The van der Waals surface area contributed by atoms with Gasteiger partial charge in [0, 0.05) is 45.0 Å². The van der Waals surface area contributed by atoms with E-state index in [1.165, 1.54) is 0 Å². The van der Waals surface area contributed by atoms with Gasteiger partial charge in [0.1, 0.15) is 0 Å². The molecule has 0 radical (unpaired) electrons. The van der Waals surface area contributed by atoms with Crippen molar-refractivity contribution in [3.05, 3.63) is 82.9 Å². The van der Waals surface area contributed by atoms with Gasteiger partial charge in [-0.25, -0.2) is 0 Å². The Morgan fingerprint density at radius 3 is 2.17 bits per heavy atom. The molecule has 4 nitrogen and oxygen atoms in total. The first-order valence-corrected chi connectivity index (χ1v) is 10.5. The molecule has 0 aliphatic rings. The van der Waals surface area contributed by atoms with Crippen molar-refractivity contribution in [1.29, 1.82) is 0 Å². The number of nitrogens with zero attached hydrogens (tertiary/aromatic N) is 2. The number of oxime groups is 1. The van der Waals surface area contributed by atoms with E-state index < -0.39 is 0 Å². The fraction of sp³-hybridized carbons (Fsp3) is 0.231. The van der Waals surface area contributed by atoms with E-state index in [-0.39, 0.29) is 5.78 Å². The summed E-state index contributed by atoms with van der Waals surface area (Å²) >= 11 is 0. The van der Waals surface area contributed by atoms with Crippen LogP contribution < -0.4 is 0 Å². The highest BCUT2D eigenvalue weighted by atomic mass is 16.4. The molecule has 0 aliphatic heterocycles. The Balaban J connectivity index is 1.92. The molecule has 4 heteroatoms. The first kappa shape index (κ1) is 19.9. The second-order valence-corrected chi connectivity index (χ2v) is 7.65. The summed E-state index contributed by atoms with van der Waals surface area (Å²) in [6.07, 6.45) is 1.62. The molecule has 0 saturated carbocycles. The maximum atomic E-state index is 13.2. The largest absolute Gasteiger partial charge is 0.411 e. The van der Waals surface area contributed by atoms with Gasteiger partial charge in [0.05, 0.1) is 5.71 Å². The lowest BCUT2D eigenvalue weighted by molar-refractivity contribution is 0.103. The zero-order valence-corrected chi connectivity index (χ0v) is 17.6. The van der Waals surface area contributed by atoms with Crippen LogP contribution in [0, 0.1) is 6.92 Å². The zero-order valence-electron chi connectivity index (χ0n) is 17.6. The molecule has 0 unspecified atom stereocenters.